The molecule has 0 amide bonds. The molecule has 0 aliphatic carbocycles. The molecule has 5 heteroatoms. The Morgan fingerprint density at radius 2 is 1.74 bits per heavy atom. The summed E-state index contributed by atoms with van der Waals surface area (Å²) in [6.45, 7) is 10.7. The van der Waals surface area contributed by atoms with Crippen molar-refractivity contribution in [3.8, 4) is 0 Å². The van der Waals surface area contributed by atoms with Gasteiger partial charge in [-0.1, -0.05) is 6.92 Å². The SMILES string of the molecule is CN=C(NCCCN1CCC(C)CC1)NCC1CCN(C)CC1. The number of guanidine groups is 1. The third kappa shape index (κ3) is 7.08. The number of likely N-dealkylation sites (tertiary alicyclic amines) is 2. The van der Waals surface area contributed by atoms with Gasteiger partial charge in [-0.05, 0) is 83.7 Å². The third-order valence-corrected chi connectivity index (χ3v) is 5.44. The fraction of sp³-hybridized carbons (Fsp3) is 0.944. The van der Waals surface area contributed by atoms with E-state index in [9.17, 15) is 0 Å². The number of nitrogens with zero attached hydrogens (tertiary/aromatic N) is 3. The molecule has 2 fully saturated rings. The van der Waals surface area contributed by atoms with E-state index in [4.69, 9.17) is 0 Å². The second-order valence-corrected chi connectivity index (χ2v) is 7.50. The van der Waals surface area contributed by atoms with Crippen LogP contribution < -0.4 is 10.6 Å². The number of hydrogen-bond acceptors (Lipinski definition) is 3. The smallest absolute Gasteiger partial charge is 0.190 e. The van der Waals surface area contributed by atoms with E-state index < -0.39 is 0 Å². The summed E-state index contributed by atoms with van der Waals surface area (Å²) in [6.07, 6.45) is 6.53. The van der Waals surface area contributed by atoms with Gasteiger partial charge < -0.3 is 20.4 Å². The molecule has 0 aromatic heterocycles. The summed E-state index contributed by atoms with van der Waals surface area (Å²) < 4.78 is 0. The summed E-state index contributed by atoms with van der Waals surface area (Å²) >= 11 is 0. The second-order valence-electron chi connectivity index (χ2n) is 7.50. The first kappa shape index (κ1) is 18.5. The number of aliphatic imine (C=N–C) groups is 1. The van der Waals surface area contributed by atoms with Gasteiger partial charge in [0.1, 0.15) is 0 Å². The molecule has 2 N–H and O–H groups in total. The van der Waals surface area contributed by atoms with Gasteiger partial charge in [-0.3, -0.25) is 4.99 Å². The molecule has 134 valence electrons. The van der Waals surface area contributed by atoms with E-state index in [-0.39, 0.29) is 0 Å². The van der Waals surface area contributed by atoms with Gasteiger partial charge in [-0.15, -0.1) is 0 Å². The maximum atomic E-state index is 4.35. The van der Waals surface area contributed by atoms with E-state index in [1.165, 1.54) is 64.8 Å². The number of piperidine rings is 2. The highest BCUT2D eigenvalue weighted by Gasteiger charge is 2.17. The van der Waals surface area contributed by atoms with Crippen LogP contribution in [0.25, 0.3) is 0 Å². The van der Waals surface area contributed by atoms with Gasteiger partial charge in [0, 0.05) is 20.1 Å². The molecule has 5 nitrogen and oxygen atoms in total. The molecule has 0 saturated carbocycles. The lowest BCUT2D eigenvalue weighted by Crippen LogP contribution is -2.43. The third-order valence-electron chi connectivity index (χ3n) is 5.44. The van der Waals surface area contributed by atoms with Crippen LogP contribution in [0.1, 0.15) is 39.0 Å². The zero-order chi connectivity index (χ0) is 16.5. The summed E-state index contributed by atoms with van der Waals surface area (Å²) in [5, 5.41) is 6.97. The Balaban J connectivity index is 1.53. The van der Waals surface area contributed by atoms with Gasteiger partial charge in [0.2, 0.25) is 0 Å². The first-order valence-electron chi connectivity index (χ1n) is 9.52. The fourth-order valence-corrected chi connectivity index (χ4v) is 3.52. The first-order chi connectivity index (χ1) is 11.2. The lowest BCUT2D eigenvalue weighted by Gasteiger charge is -2.30. The van der Waals surface area contributed by atoms with Crippen LogP contribution in [0, 0.1) is 11.8 Å². The van der Waals surface area contributed by atoms with Crippen molar-refractivity contribution in [1.82, 2.24) is 20.4 Å². The number of nitrogens with one attached hydrogen (secondary N) is 2. The molecule has 0 bridgehead atoms. The van der Waals surface area contributed by atoms with Crippen molar-refractivity contribution in [3.63, 3.8) is 0 Å². The van der Waals surface area contributed by atoms with Crippen molar-refractivity contribution in [2.75, 3.05) is 59.9 Å². The molecule has 2 aliphatic rings. The van der Waals surface area contributed by atoms with Crippen molar-refractivity contribution >= 4 is 5.96 Å². The van der Waals surface area contributed by atoms with Crippen LogP contribution >= 0.6 is 0 Å². The highest BCUT2D eigenvalue weighted by Crippen LogP contribution is 2.16. The maximum absolute atomic E-state index is 4.35. The number of hydrogen-bond donors (Lipinski definition) is 2. The fourth-order valence-electron chi connectivity index (χ4n) is 3.52. The highest BCUT2D eigenvalue weighted by molar-refractivity contribution is 5.79. The van der Waals surface area contributed by atoms with Gasteiger partial charge in [0.25, 0.3) is 0 Å². The van der Waals surface area contributed by atoms with Crippen LogP contribution in [-0.4, -0.2) is 75.7 Å². The van der Waals surface area contributed by atoms with E-state index >= 15 is 0 Å². The van der Waals surface area contributed by atoms with Crippen molar-refractivity contribution in [2.24, 2.45) is 16.8 Å². The molecule has 0 unspecified atom stereocenters. The predicted molar refractivity (Wildman–Crippen MR) is 99.0 cm³/mol. The van der Waals surface area contributed by atoms with E-state index in [2.05, 4.69) is 39.4 Å². The minimum atomic E-state index is 0.792. The van der Waals surface area contributed by atoms with E-state index in [1.807, 2.05) is 7.05 Å². The molecule has 23 heavy (non-hydrogen) atoms. The Hall–Kier alpha value is -0.810. The zero-order valence-corrected chi connectivity index (χ0v) is 15.5. The lowest BCUT2D eigenvalue weighted by molar-refractivity contribution is 0.191. The van der Waals surface area contributed by atoms with E-state index in [0.29, 0.717) is 0 Å². The average molecular weight is 324 g/mol. The van der Waals surface area contributed by atoms with Crippen LogP contribution in [0.4, 0.5) is 0 Å². The summed E-state index contributed by atoms with van der Waals surface area (Å²) in [6, 6.07) is 0. The van der Waals surface area contributed by atoms with E-state index in [1.54, 1.807) is 0 Å². The van der Waals surface area contributed by atoms with Gasteiger partial charge >= 0.3 is 0 Å². The Morgan fingerprint density at radius 1 is 1.04 bits per heavy atom. The second kappa shape index (κ2) is 10.1. The molecular weight excluding hydrogens is 286 g/mol. The van der Waals surface area contributed by atoms with Gasteiger partial charge in [-0.2, -0.15) is 0 Å². The van der Waals surface area contributed by atoms with Crippen LogP contribution in [0.15, 0.2) is 4.99 Å². The summed E-state index contributed by atoms with van der Waals surface area (Å²) in [4.78, 5) is 9.38. The standard InChI is InChI=1S/C18H37N5/c1-16-5-13-23(14-6-16)10-4-9-20-18(19-2)21-15-17-7-11-22(3)12-8-17/h16-17H,4-15H2,1-3H3,(H2,19,20,21). The van der Waals surface area contributed by atoms with Gasteiger partial charge in [0.15, 0.2) is 5.96 Å². The molecule has 2 rings (SSSR count). The van der Waals surface area contributed by atoms with Crippen LogP contribution in [0.3, 0.4) is 0 Å². The largest absolute Gasteiger partial charge is 0.356 e. The molecular formula is C18H37N5. The normalized spacial score (nSPS) is 23.2. The van der Waals surface area contributed by atoms with Gasteiger partial charge in [-0.25, -0.2) is 0 Å². The van der Waals surface area contributed by atoms with Crippen molar-refractivity contribution in [1.29, 1.82) is 0 Å². The lowest BCUT2D eigenvalue weighted by atomic mass is 9.97. The van der Waals surface area contributed by atoms with Crippen LogP contribution in [0.5, 0.6) is 0 Å². The van der Waals surface area contributed by atoms with Crippen molar-refractivity contribution in [2.45, 2.75) is 39.0 Å². The monoisotopic (exact) mass is 323 g/mol. The quantitative estimate of drug-likeness (QED) is 0.443. The Kier molecular flexibility index (Phi) is 8.17. The maximum Gasteiger partial charge on any atom is 0.190 e. The zero-order valence-electron chi connectivity index (χ0n) is 15.5. The molecule has 2 saturated heterocycles. The molecule has 0 aromatic carbocycles. The average Bonchev–Trinajstić information content (AvgIpc) is 2.57. The molecule has 2 aliphatic heterocycles. The molecule has 0 radical (unpaired) electrons. The molecule has 0 spiro atoms. The van der Waals surface area contributed by atoms with Gasteiger partial charge in [0.05, 0.1) is 0 Å². The molecule has 0 aromatic rings. The van der Waals surface area contributed by atoms with E-state index in [0.717, 1.165) is 30.9 Å². The molecule has 2 heterocycles. The van der Waals surface area contributed by atoms with Crippen LogP contribution in [-0.2, 0) is 0 Å². The molecule has 0 atom stereocenters. The Labute approximate surface area is 142 Å². The first-order valence-corrected chi connectivity index (χ1v) is 9.52. The topological polar surface area (TPSA) is 42.9 Å². The van der Waals surface area contributed by atoms with Crippen LogP contribution in [0.2, 0.25) is 0 Å². The number of rotatable bonds is 6. The Bertz CT molecular complexity index is 341. The minimum Gasteiger partial charge on any atom is -0.356 e. The van der Waals surface area contributed by atoms with Crippen molar-refractivity contribution < 1.29 is 0 Å². The summed E-state index contributed by atoms with van der Waals surface area (Å²) in [7, 11) is 4.09. The van der Waals surface area contributed by atoms with Crippen molar-refractivity contribution in [3.05, 3.63) is 0 Å². The summed E-state index contributed by atoms with van der Waals surface area (Å²) in [5.41, 5.74) is 0. The Morgan fingerprint density at radius 3 is 2.39 bits per heavy atom. The predicted octanol–water partition coefficient (Wildman–Crippen LogP) is 1.62. The minimum absolute atomic E-state index is 0.792. The summed E-state index contributed by atoms with van der Waals surface area (Å²) in [5.74, 6) is 2.68. The highest BCUT2D eigenvalue weighted by atomic mass is 15.2.